The van der Waals surface area contributed by atoms with Gasteiger partial charge in [0, 0.05) is 63.6 Å². The van der Waals surface area contributed by atoms with Crippen molar-refractivity contribution in [2.75, 3.05) is 64.0 Å². The smallest absolute Gasteiger partial charge is 0.326 e. The first kappa shape index (κ1) is 30.0. The lowest BCUT2D eigenvalue weighted by atomic mass is 10.0. The van der Waals surface area contributed by atoms with Crippen molar-refractivity contribution in [3.8, 4) is 11.8 Å². The van der Waals surface area contributed by atoms with E-state index in [2.05, 4.69) is 49.3 Å². The third-order valence-electron chi connectivity index (χ3n) is 6.56. The van der Waals surface area contributed by atoms with Crippen molar-refractivity contribution in [1.82, 2.24) is 24.7 Å². The Kier molecular flexibility index (Phi) is 9.59. The third-order valence-corrected chi connectivity index (χ3v) is 7.39. The van der Waals surface area contributed by atoms with E-state index in [0.717, 1.165) is 56.6 Å². The number of aryl methyl sites for hydroxylation is 1. The van der Waals surface area contributed by atoms with Gasteiger partial charge >= 0.3 is 12.2 Å². The van der Waals surface area contributed by atoms with Gasteiger partial charge in [-0.2, -0.15) is 13.2 Å². The Bertz CT molecular complexity index is 1460. The second kappa shape index (κ2) is 13.1. The highest BCUT2D eigenvalue weighted by Crippen LogP contribution is 2.30. The lowest BCUT2D eigenvalue weighted by Gasteiger charge is -2.33. The zero-order valence-electron chi connectivity index (χ0n) is 22.9. The molecule has 41 heavy (non-hydrogen) atoms. The Morgan fingerprint density at radius 2 is 1.83 bits per heavy atom. The predicted molar refractivity (Wildman–Crippen MR) is 152 cm³/mol. The first-order valence-corrected chi connectivity index (χ1v) is 13.7. The van der Waals surface area contributed by atoms with Crippen molar-refractivity contribution in [3.63, 3.8) is 0 Å². The number of benzene rings is 1. The molecule has 1 aliphatic heterocycles. The lowest BCUT2D eigenvalue weighted by molar-refractivity contribution is -0.137. The highest BCUT2D eigenvalue weighted by molar-refractivity contribution is 7.16. The Labute approximate surface area is 240 Å². The highest BCUT2D eigenvalue weighted by atomic mass is 32.1. The number of piperazine rings is 1. The first-order chi connectivity index (χ1) is 19.5. The van der Waals surface area contributed by atoms with Crippen molar-refractivity contribution >= 4 is 34.2 Å². The Hall–Kier alpha value is -3.99. The molecule has 13 heteroatoms. The number of amides is 3. The fourth-order valence-corrected chi connectivity index (χ4v) is 4.59. The van der Waals surface area contributed by atoms with Crippen molar-refractivity contribution in [3.05, 3.63) is 69.9 Å². The average Bonchev–Trinajstić information content (AvgIpc) is 3.38. The average molecular weight is 586 g/mol. The number of nitrogens with zero attached hydrogens (tertiary/aromatic N) is 5. The fraction of sp³-hybridized carbons (Fsp3) is 0.357. The van der Waals surface area contributed by atoms with E-state index < -0.39 is 17.6 Å². The number of anilines is 2. The molecule has 0 aliphatic carbocycles. The summed E-state index contributed by atoms with van der Waals surface area (Å²) in [5, 5.41) is 5.61. The zero-order chi connectivity index (χ0) is 29.6. The van der Waals surface area contributed by atoms with Crippen LogP contribution in [0.5, 0.6) is 0 Å². The fourth-order valence-electron chi connectivity index (χ4n) is 3.93. The number of aromatic nitrogens is 2. The minimum Gasteiger partial charge on any atom is -0.326 e. The molecule has 0 spiro atoms. The van der Waals surface area contributed by atoms with Crippen molar-refractivity contribution in [1.29, 1.82) is 0 Å². The quantitative estimate of drug-likeness (QED) is 0.421. The molecular formula is C28H30F3N7O2S. The van der Waals surface area contributed by atoms with Crippen LogP contribution in [-0.2, 0) is 6.18 Å². The number of pyridine rings is 1. The minimum atomic E-state index is -4.55. The van der Waals surface area contributed by atoms with Crippen LogP contribution in [0.1, 0.15) is 31.9 Å². The van der Waals surface area contributed by atoms with E-state index in [1.807, 2.05) is 6.92 Å². The summed E-state index contributed by atoms with van der Waals surface area (Å²) in [7, 11) is 3.85. The first-order valence-electron chi connectivity index (χ1n) is 12.8. The molecule has 0 bridgehead atoms. The summed E-state index contributed by atoms with van der Waals surface area (Å²) in [6.07, 6.45) is -2.00. The van der Waals surface area contributed by atoms with E-state index in [4.69, 9.17) is 0 Å². The summed E-state index contributed by atoms with van der Waals surface area (Å²) in [5.41, 5.74) is 0.690. The number of hydrogen-bond acceptors (Lipinski definition) is 7. The molecule has 0 atom stereocenters. The van der Waals surface area contributed by atoms with Crippen LogP contribution in [0.3, 0.4) is 0 Å². The maximum atomic E-state index is 13.0. The maximum absolute atomic E-state index is 13.0. The van der Waals surface area contributed by atoms with Crippen LogP contribution in [-0.4, -0.2) is 90.0 Å². The van der Waals surface area contributed by atoms with Gasteiger partial charge in [0.15, 0.2) is 5.13 Å². The summed E-state index contributed by atoms with van der Waals surface area (Å²) in [6.45, 7) is 7.25. The lowest BCUT2D eigenvalue weighted by Crippen LogP contribution is -2.47. The molecule has 1 fully saturated rings. The second-order valence-electron chi connectivity index (χ2n) is 9.69. The van der Waals surface area contributed by atoms with Gasteiger partial charge in [-0.25, -0.2) is 14.8 Å². The van der Waals surface area contributed by atoms with Gasteiger partial charge in [-0.1, -0.05) is 23.3 Å². The molecule has 4 rings (SSSR count). The molecule has 216 valence electrons. The monoisotopic (exact) mass is 585 g/mol. The van der Waals surface area contributed by atoms with Gasteiger partial charge in [0.05, 0.1) is 16.6 Å². The van der Waals surface area contributed by atoms with Gasteiger partial charge in [-0.05, 0) is 49.7 Å². The van der Waals surface area contributed by atoms with Gasteiger partial charge in [0.25, 0.3) is 5.91 Å². The number of carbonyl (C=O) groups is 2. The molecule has 0 unspecified atom stereocenters. The third kappa shape index (κ3) is 8.50. The largest absolute Gasteiger partial charge is 0.416 e. The minimum absolute atomic E-state index is 0.206. The van der Waals surface area contributed by atoms with Crippen LogP contribution < -0.4 is 10.6 Å². The standard InChI is InChI=1S/C28H30F3N7O2S/c1-19-4-5-21(25(39)34-24-17-22(8-9-32-24)28(29,30)31)16-20(19)6-7-23-18-33-26(41-23)35-27(40)37(3)12-15-38-13-10-36(2)11-14-38/h4-5,8-9,16-18H,10-15H2,1-3H3,(H,32,34,39)(H,33,35,40). The molecule has 9 nitrogen and oxygen atoms in total. The van der Waals surface area contributed by atoms with Gasteiger partial charge in [0.1, 0.15) is 5.82 Å². The van der Waals surface area contributed by atoms with Gasteiger partial charge in [-0.3, -0.25) is 15.0 Å². The zero-order valence-corrected chi connectivity index (χ0v) is 23.7. The van der Waals surface area contributed by atoms with Crippen LogP contribution in [0.25, 0.3) is 0 Å². The van der Waals surface area contributed by atoms with Crippen molar-refractivity contribution in [2.24, 2.45) is 0 Å². The molecule has 3 amide bonds. The van der Waals surface area contributed by atoms with Crippen molar-refractivity contribution < 1.29 is 22.8 Å². The molecule has 3 heterocycles. The Morgan fingerprint density at radius 1 is 1.07 bits per heavy atom. The number of likely N-dealkylation sites (N-methyl/N-ethyl adjacent to an activating group) is 2. The summed E-state index contributed by atoms with van der Waals surface area (Å²) >= 11 is 1.23. The number of hydrogen-bond donors (Lipinski definition) is 2. The van der Waals surface area contributed by atoms with Crippen LogP contribution >= 0.6 is 11.3 Å². The van der Waals surface area contributed by atoms with Gasteiger partial charge < -0.3 is 15.1 Å². The summed E-state index contributed by atoms with van der Waals surface area (Å²) in [6, 6.07) is 6.18. The molecule has 1 aliphatic rings. The molecule has 0 saturated carbocycles. The van der Waals surface area contributed by atoms with Crippen LogP contribution in [0.4, 0.5) is 28.9 Å². The summed E-state index contributed by atoms with van der Waals surface area (Å²) < 4.78 is 38.9. The van der Waals surface area contributed by atoms with Crippen molar-refractivity contribution in [2.45, 2.75) is 13.1 Å². The predicted octanol–water partition coefficient (Wildman–Crippen LogP) is 4.23. The van der Waals surface area contributed by atoms with E-state index >= 15 is 0 Å². The van der Waals surface area contributed by atoms with Gasteiger partial charge in [-0.15, -0.1) is 0 Å². The number of rotatable bonds is 6. The number of alkyl halides is 3. The Morgan fingerprint density at radius 3 is 2.56 bits per heavy atom. The van der Waals surface area contributed by atoms with Crippen LogP contribution in [0, 0.1) is 18.8 Å². The molecule has 3 aromatic rings. The van der Waals surface area contributed by atoms with Gasteiger partial charge in [0.2, 0.25) is 0 Å². The van der Waals surface area contributed by atoms with E-state index in [0.29, 0.717) is 22.1 Å². The Balaban J connectivity index is 1.35. The van der Waals surface area contributed by atoms with E-state index in [1.54, 1.807) is 36.3 Å². The molecular weight excluding hydrogens is 555 g/mol. The number of nitrogens with one attached hydrogen (secondary N) is 2. The number of carbonyl (C=O) groups excluding carboxylic acids is 2. The van der Waals surface area contributed by atoms with Crippen LogP contribution in [0.2, 0.25) is 0 Å². The summed E-state index contributed by atoms with van der Waals surface area (Å²) in [5.74, 6) is 5.19. The molecule has 1 saturated heterocycles. The van der Waals surface area contributed by atoms with E-state index in [9.17, 15) is 22.8 Å². The normalized spacial score (nSPS) is 14.2. The number of thiazole rings is 1. The molecule has 0 radical (unpaired) electrons. The van der Waals surface area contributed by atoms with E-state index in [1.165, 1.54) is 11.3 Å². The highest BCUT2D eigenvalue weighted by Gasteiger charge is 2.31. The van der Waals surface area contributed by atoms with E-state index in [-0.39, 0.29) is 17.4 Å². The maximum Gasteiger partial charge on any atom is 0.416 e. The SMILES string of the molecule is Cc1ccc(C(=O)Nc2cc(C(F)(F)F)ccn2)cc1C#Cc1cnc(NC(=O)N(C)CCN2CCN(C)CC2)s1. The molecule has 1 aromatic carbocycles. The topological polar surface area (TPSA) is 93.7 Å². The second-order valence-corrected chi connectivity index (χ2v) is 10.7. The molecule has 2 N–H and O–H groups in total. The summed E-state index contributed by atoms with van der Waals surface area (Å²) in [4.78, 5) is 40.2. The number of urea groups is 1. The number of halogens is 3. The van der Waals surface area contributed by atoms with Crippen LogP contribution in [0.15, 0.2) is 42.7 Å². The molecule has 2 aromatic heterocycles.